The van der Waals surface area contributed by atoms with Crippen LogP contribution in [0.1, 0.15) is 20.9 Å². The smallest absolute Gasteiger partial charge is 0.291 e. The maximum Gasteiger partial charge on any atom is 0.291 e. The van der Waals surface area contributed by atoms with Gasteiger partial charge in [0.1, 0.15) is 11.5 Å². The third-order valence-corrected chi connectivity index (χ3v) is 4.52. The summed E-state index contributed by atoms with van der Waals surface area (Å²) in [6.07, 6.45) is 1.41. The van der Waals surface area contributed by atoms with Crippen molar-refractivity contribution < 1.29 is 23.5 Å². The number of benzene rings is 2. The van der Waals surface area contributed by atoms with E-state index in [1.54, 1.807) is 42.5 Å². The first-order valence-electron chi connectivity index (χ1n) is 8.90. The van der Waals surface area contributed by atoms with Gasteiger partial charge in [-0.3, -0.25) is 14.9 Å². The Morgan fingerprint density at radius 3 is 2.39 bits per heavy atom. The molecular weight excluding hydrogens is 442 g/mol. The Kier molecular flexibility index (Phi) is 7.11. The molecular formula is C21H18ClN3O5S. The van der Waals surface area contributed by atoms with Gasteiger partial charge in [-0.05, 0) is 60.7 Å². The summed E-state index contributed by atoms with van der Waals surface area (Å²) >= 11 is 11.2. The monoisotopic (exact) mass is 459 g/mol. The SMILES string of the molecule is COc1ccc(NC(=O)c2ccco2)cc1NC(=S)NC(=O)c1cc(Cl)ccc1OC. The number of carbonyl (C=O) groups is 2. The van der Waals surface area contributed by atoms with E-state index < -0.39 is 11.8 Å². The maximum absolute atomic E-state index is 12.6. The Morgan fingerprint density at radius 1 is 0.968 bits per heavy atom. The van der Waals surface area contributed by atoms with E-state index in [-0.39, 0.29) is 16.4 Å². The lowest BCUT2D eigenvalue weighted by Gasteiger charge is -2.15. The van der Waals surface area contributed by atoms with E-state index in [9.17, 15) is 9.59 Å². The van der Waals surface area contributed by atoms with Crippen molar-refractivity contribution in [3.63, 3.8) is 0 Å². The molecule has 0 saturated carbocycles. The highest BCUT2D eigenvalue weighted by Gasteiger charge is 2.16. The molecule has 3 aromatic rings. The van der Waals surface area contributed by atoms with E-state index in [1.807, 2.05) is 0 Å². The number of carbonyl (C=O) groups excluding carboxylic acids is 2. The van der Waals surface area contributed by atoms with Crippen molar-refractivity contribution in [2.75, 3.05) is 24.9 Å². The molecule has 0 saturated heterocycles. The summed E-state index contributed by atoms with van der Waals surface area (Å²) < 4.78 is 15.6. The van der Waals surface area contributed by atoms with Gasteiger partial charge in [0.25, 0.3) is 11.8 Å². The Morgan fingerprint density at radius 2 is 1.71 bits per heavy atom. The van der Waals surface area contributed by atoms with E-state index in [2.05, 4.69) is 16.0 Å². The van der Waals surface area contributed by atoms with Gasteiger partial charge in [0.15, 0.2) is 10.9 Å². The minimum absolute atomic E-state index is 0.0137. The second kappa shape index (κ2) is 9.96. The van der Waals surface area contributed by atoms with Crippen molar-refractivity contribution in [1.82, 2.24) is 5.32 Å². The standard InChI is InChI=1S/C21H18ClN3O5S/c1-28-16-7-5-12(22)10-14(16)19(26)25-21(31)24-15-11-13(6-8-17(15)29-2)23-20(27)18-4-3-9-30-18/h3-11H,1-2H3,(H,23,27)(H2,24,25,26,31). The predicted molar refractivity (Wildman–Crippen MR) is 121 cm³/mol. The number of hydrogen-bond donors (Lipinski definition) is 3. The molecule has 3 rings (SSSR count). The van der Waals surface area contributed by atoms with Crippen molar-refractivity contribution in [1.29, 1.82) is 0 Å². The van der Waals surface area contributed by atoms with Crippen molar-refractivity contribution in [3.05, 3.63) is 71.1 Å². The second-order valence-electron chi connectivity index (χ2n) is 6.10. The predicted octanol–water partition coefficient (Wildman–Crippen LogP) is 4.33. The molecule has 0 bridgehead atoms. The minimum Gasteiger partial charge on any atom is -0.496 e. The Hall–Kier alpha value is -3.56. The van der Waals surface area contributed by atoms with Crippen LogP contribution in [0.25, 0.3) is 0 Å². The molecule has 160 valence electrons. The molecule has 0 aliphatic heterocycles. The zero-order chi connectivity index (χ0) is 22.4. The quantitative estimate of drug-likeness (QED) is 0.471. The summed E-state index contributed by atoms with van der Waals surface area (Å²) in [7, 11) is 2.93. The number of hydrogen-bond acceptors (Lipinski definition) is 6. The van der Waals surface area contributed by atoms with E-state index in [4.69, 9.17) is 37.7 Å². The molecule has 10 heteroatoms. The van der Waals surface area contributed by atoms with Gasteiger partial charge in [0.05, 0.1) is 31.7 Å². The Labute approximate surface area is 188 Å². The summed E-state index contributed by atoms with van der Waals surface area (Å²) in [6.45, 7) is 0. The van der Waals surface area contributed by atoms with Gasteiger partial charge < -0.3 is 24.5 Å². The molecule has 1 heterocycles. The number of thiocarbonyl (C=S) groups is 1. The maximum atomic E-state index is 12.6. The molecule has 2 amide bonds. The van der Waals surface area contributed by atoms with Crippen LogP contribution in [0, 0.1) is 0 Å². The van der Waals surface area contributed by atoms with E-state index >= 15 is 0 Å². The number of rotatable bonds is 6. The topological polar surface area (TPSA) is 102 Å². The highest BCUT2D eigenvalue weighted by molar-refractivity contribution is 7.80. The van der Waals surface area contributed by atoms with Gasteiger partial charge in [-0.25, -0.2) is 0 Å². The second-order valence-corrected chi connectivity index (χ2v) is 6.94. The van der Waals surface area contributed by atoms with Crippen LogP contribution in [0.3, 0.4) is 0 Å². The molecule has 31 heavy (non-hydrogen) atoms. The lowest BCUT2D eigenvalue weighted by molar-refractivity contribution is 0.0972. The average molecular weight is 460 g/mol. The zero-order valence-electron chi connectivity index (χ0n) is 16.5. The van der Waals surface area contributed by atoms with Crippen LogP contribution in [-0.4, -0.2) is 31.1 Å². The number of methoxy groups -OCH3 is 2. The fourth-order valence-corrected chi connectivity index (χ4v) is 3.04. The van der Waals surface area contributed by atoms with Gasteiger partial charge >= 0.3 is 0 Å². The van der Waals surface area contributed by atoms with Gasteiger partial charge in [0, 0.05) is 10.7 Å². The van der Waals surface area contributed by atoms with Crippen LogP contribution in [0.4, 0.5) is 11.4 Å². The molecule has 0 fully saturated rings. The van der Waals surface area contributed by atoms with Crippen molar-refractivity contribution in [2.24, 2.45) is 0 Å². The summed E-state index contributed by atoms with van der Waals surface area (Å²) in [5, 5.41) is 8.56. The molecule has 3 N–H and O–H groups in total. The molecule has 8 nitrogen and oxygen atoms in total. The number of halogens is 1. The van der Waals surface area contributed by atoms with Gasteiger partial charge in [-0.2, -0.15) is 0 Å². The third kappa shape index (κ3) is 5.53. The van der Waals surface area contributed by atoms with Crippen LogP contribution in [0.15, 0.2) is 59.2 Å². The van der Waals surface area contributed by atoms with E-state index in [1.165, 1.54) is 26.5 Å². The first kappa shape index (κ1) is 22.1. The number of anilines is 2. The number of furan rings is 1. The molecule has 2 aromatic carbocycles. The molecule has 0 unspecified atom stereocenters. The Bertz CT molecular complexity index is 1120. The lowest BCUT2D eigenvalue weighted by Crippen LogP contribution is -2.34. The summed E-state index contributed by atoms with van der Waals surface area (Å²) in [4.78, 5) is 24.8. The van der Waals surface area contributed by atoms with Gasteiger partial charge in [-0.15, -0.1) is 0 Å². The normalized spacial score (nSPS) is 10.2. The van der Waals surface area contributed by atoms with Crippen molar-refractivity contribution >= 4 is 52.1 Å². The van der Waals surface area contributed by atoms with E-state index in [0.717, 1.165) is 0 Å². The molecule has 1 aromatic heterocycles. The fraction of sp³-hybridized carbons (Fsp3) is 0.0952. The highest BCUT2D eigenvalue weighted by Crippen LogP contribution is 2.28. The first-order valence-corrected chi connectivity index (χ1v) is 9.68. The first-order chi connectivity index (χ1) is 14.9. The number of ether oxygens (including phenoxy) is 2. The van der Waals surface area contributed by atoms with Crippen LogP contribution in [0.5, 0.6) is 11.5 Å². The summed E-state index contributed by atoms with van der Waals surface area (Å²) in [5.74, 6) is 0.0598. The zero-order valence-corrected chi connectivity index (χ0v) is 18.1. The molecule has 0 aliphatic carbocycles. The fourth-order valence-electron chi connectivity index (χ4n) is 2.67. The van der Waals surface area contributed by atoms with Crippen LogP contribution >= 0.6 is 23.8 Å². The molecule has 0 radical (unpaired) electrons. The van der Waals surface area contributed by atoms with Crippen LogP contribution in [-0.2, 0) is 0 Å². The molecule has 0 atom stereocenters. The largest absolute Gasteiger partial charge is 0.496 e. The highest BCUT2D eigenvalue weighted by atomic mass is 35.5. The van der Waals surface area contributed by atoms with Gasteiger partial charge in [-0.1, -0.05) is 11.6 Å². The van der Waals surface area contributed by atoms with Gasteiger partial charge in [0.2, 0.25) is 0 Å². The number of amides is 2. The van der Waals surface area contributed by atoms with Crippen molar-refractivity contribution in [2.45, 2.75) is 0 Å². The average Bonchev–Trinajstić information content (AvgIpc) is 3.29. The van der Waals surface area contributed by atoms with E-state index in [0.29, 0.717) is 27.9 Å². The van der Waals surface area contributed by atoms with Crippen LogP contribution < -0.4 is 25.4 Å². The lowest BCUT2D eigenvalue weighted by atomic mass is 10.2. The summed E-state index contributed by atoms with van der Waals surface area (Å²) in [5.41, 5.74) is 1.13. The summed E-state index contributed by atoms with van der Waals surface area (Å²) in [6, 6.07) is 12.7. The van der Waals surface area contributed by atoms with Crippen molar-refractivity contribution in [3.8, 4) is 11.5 Å². The number of nitrogens with one attached hydrogen (secondary N) is 3. The van der Waals surface area contributed by atoms with Crippen LogP contribution in [0.2, 0.25) is 5.02 Å². The Balaban J connectivity index is 1.73. The molecule has 0 aliphatic rings. The third-order valence-electron chi connectivity index (χ3n) is 4.08. The molecule has 0 spiro atoms. The minimum atomic E-state index is -0.502.